The quantitative estimate of drug-likeness (QED) is 0.416. The number of imidazole rings is 1. The van der Waals surface area contributed by atoms with Crippen LogP contribution >= 0.6 is 11.8 Å². The van der Waals surface area contributed by atoms with Gasteiger partial charge in [-0.25, -0.2) is 9.37 Å². The molecule has 0 bridgehead atoms. The second kappa shape index (κ2) is 7.10. The Kier molecular flexibility index (Phi) is 4.39. The molecule has 0 saturated carbocycles. The van der Waals surface area contributed by atoms with Gasteiger partial charge in [0.25, 0.3) is 5.56 Å². The normalized spacial score (nSPS) is 11.6. The van der Waals surface area contributed by atoms with E-state index in [4.69, 9.17) is 0 Å². The van der Waals surface area contributed by atoms with Crippen LogP contribution in [0.1, 0.15) is 11.4 Å². The molecule has 0 aliphatic rings. The number of hydrogen-bond donors (Lipinski definition) is 0. The monoisotopic (exact) mass is 420 g/mol. The average Bonchev–Trinajstić information content (AvgIpc) is 3.37. The first kappa shape index (κ1) is 18.6. The number of benzene rings is 2. The van der Waals surface area contributed by atoms with Gasteiger partial charge in [-0.1, -0.05) is 29.5 Å². The predicted molar refractivity (Wildman–Crippen MR) is 114 cm³/mol. The van der Waals surface area contributed by atoms with Crippen LogP contribution in [0.15, 0.2) is 64.8 Å². The van der Waals surface area contributed by atoms with Crippen molar-refractivity contribution in [3.63, 3.8) is 0 Å². The number of halogens is 1. The molecular weight excluding hydrogens is 403 g/mol. The molecule has 0 N–H and O–H groups in total. The molecule has 0 fully saturated rings. The van der Waals surface area contributed by atoms with Crippen molar-refractivity contribution in [1.29, 1.82) is 0 Å². The second-order valence-corrected chi connectivity index (χ2v) is 7.93. The number of rotatable bonds is 4. The molecule has 9 heteroatoms. The van der Waals surface area contributed by atoms with Crippen molar-refractivity contribution in [1.82, 2.24) is 28.7 Å². The minimum atomic E-state index is -0.303. The number of hydrogen-bond acceptors (Lipinski definition) is 5. The number of nitrogens with zero attached hydrogens (tertiary/aromatic N) is 6. The fraction of sp³-hybridized carbons (Fsp3) is 0.143. The van der Waals surface area contributed by atoms with Gasteiger partial charge in [-0.3, -0.25) is 18.3 Å². The topological polar surface area (TPSA) is 70.0 Å². The van der Waals surface area contributed by atoms with Gasteiger partial charge >= 0.3 is 0 Å². The molecular formula is C21H17FN6OS. The van der Waals surface area contributed by atoms with Crippen molar-refractivity contribution in [2.45, 2.75) is 17.8 Å². The van der Waals surface area contributed by atoms with E-state index in [1.807, 2.05) is 40.2 Å². The molecule has 0 atom stereocenters. The molecule has 0 amide bonds. The molecule has 150 valence electrons. The lowest BCUT2D eigenvalue weighted by atomic mass is 10.1. The molecule has 0 saturated heterocycles. The maximum atomic E-state index is 13.6. The van der Waals surface area contributed by atoms with Crippen LogP contribution in [0.5, 0.6) is 0 Å². The summed E-state index contributed by atoms with van der Waals surface area (Å²) in [4.78, 5) is 17.1. The van der Waals surface area contributed by atoms with E-state index in [0.29, 0.717) is 33.6 Å². The van der Waals surface area contributed by atoms with Gasteiger partial charge in [-0.05, 0) is 37.3 Å². The van der Waals surface area contributed by atoms with Gasteiger partial charge in [0.15, 0.2) is 5.16 Å². The first-order valence-corrected chi connectivity index (χ1v) is 10.3. The highest BCUT2D eigenvalue weighted by Gasteiger charge is 2.16. The molecule has 5 aromatic rings. The van der Waals surface area contributed by atoms with Crippen LogP contribution in [-0.2, 0) is 12.8 Å². The molecule has 3 aromatic heterocycles. The first-order chi connectivity index (χ1) is 14.5. The summed E-state index contributed by atoms with van der Waals surface area (Å²) in [6.07, 6.45) is 3.47. The van der Waals surface area contributed by atoms with Gasteiger partial charge in [0, 0.05) is 19.4 Å². The van der Waals surface area contributed by atoms with Crippen molar-refractivity contribution in [2.24, 2.45) is 7.05 Å². The Morgan fingerprint density at radius 1 is 1.13 bits per heavy atom. The average molecular weight is 420 g/mol. The number of aryl methyl sites for hydroxylation is 2. The van der Waals surface area contributed by atoms with Crippen molar-refractivity contribution < 1.29 is 4.39 Å². The first-order valence-electron chi connectivity index (χ1n) is 9.28. The summed E-state index contributed by atoms with van der Waals surface area (Å²) in [5.74, 6) is 1.37. The zero-order valence-electron chi connectivity index (χ0n) is 16.3. The highest BCUT2D eigenvalue weighted by Crippen LogP contribution is 2.25. The third kappa shape index (κ3) is 2.98. The van der Waals surface area contributed by atoms with Crippen LogP contribution < -0.4 is 5.56 Å². The van der Waals surface area contributed by atoms with Gasteiger partial charge < -0.3 is 0 Å². The van der Waals surface area contributed by atoms with Crippen molar-refractivity contribution >= 4 is 28.4 Å². The lowest BCUT2D eigenvalue weighted by molar-refractivity contribution is 0.626. The Labute approximate surface area is 174 Å². The third-order valence-corrected chi connectivity index (χ3v) is 5.93. The Bertz CT molecular complexity index is 1470. The highest BCUT2D eigenvalue weighted by molar-refractivity contribution is 7.98. The van der Waals surface area contributed by atoms with Crippen LogP contribution in [0.4, 0.5) is 4.39 Å². The van der Waals surface area contributed by atoms with Gasteiger partial charge in [0.05, 0.1) is 22.3 Å². The molecule has 0 unspecified atom stereocenters. The van der Waals surface area contributed by atoms with E-state index in [1.165, 1.54) is 28.5 Å². The molecule has 2 aromatic carbocycles. The minimum Gasteiger partial charge on any atom is -0.295 e. The standard InChI is InChI=1S/C21H17FN6OS/c1-13-6-7-17-16(10-13)19(29)26(2)20-25-24-18(28(17)20)12-30-21-23-8-9-27(21)15-5-3-4-14(22)11-15/h3-11H,12H2,1-2H3. The zero-order chi connectivity index (χ0) is 20.8. The van der Waals surface area contributed by atoms with E-state index >= 15 is 0 Å². The molecule has 30 heavy (non-hydrogen) atoms. The molecule has 0 radical (unpaired) electrons. The number of fused-ring (bicyclic) bond motifs is 3. The summed E-state index contributed by atoms with van der Waals surface area (Å²) in [6.45, 7) is 1.96. The summed E-state index contributed by atoms with van der Waals surface area (Å²) < 4.78 is 18.9. The molecule has 0 spiro atoms. The maximum Gasteiger partial charge on any atom is 0.262 e. The SMILES string of the molecule is Cc1ccc2c(c1)c(=O)n(C)c1nnc(CSc3nccn3-c3cccc(F)c3)n21. The summed E-state index contributed by atoms with van der Waals surface area (Å²) in [7, 11) is 1.70. The smallest absolute Gasteiger partial charge is 0.262 e. The molecule has 0 aliphatic heterocycles. The van der Waals surface area contributed by atoms with E-state index in [-0.39, 0.29) is 11.4 Å². The lowest BCUT2D eigenvalue weighted by Gasteiger charge is -2.09. The number of aromatic nitrogens is 6. The van der Waals surface area contributed by atoms with E-state index in [9.17, 15) is 9.18 Å². The second-order valence-electron chi connectivity index (χ2n) is 6.98. The Balaban J connectivity index is 1.56. The summed E-state index contributed by atoms with van der Waals surface area (Å²) in [5, 5.41) is 9.88. The third-order valence-electron chi connectivity index (χ3n) is 4.96. The molecule has 7 nitrogen and oxygen atoms in total. The number of thioether (sulfide) groups is 1. The highest BCUT2D eigenvalue weighted by atomic mass is 32.2. The molecule has 5 rings (SSSR count). The van der Waals surface area contributed by atoms with Crippen LogP contribution in [0.2, 0.25) is 0 Å². The fourth-order valence-corrected chi connectivity index (χ4v) is 4.39. The van der Waals surface area contributed by atoms with Gasteiger partial charge in [-0.15, -0.1) is 10.2 Å². The Morgan fingerprint density at radius 2 is 2.00 bits per heavy atom. The summed E-state index contributed by atoms with van der Waals surface area (Å²) in [6, 6.07) is 12.1. The largest absolute Gasteiger partial charge is 0.295 e. The fourth-order valence-electron chi connectivity index (χ4n) is 3.50. The summed E-state index contributed by atoms with van der Waals surface area (Å²) in [5.41, 5.74) is 2.38. The minimum absolute atomic E-state index is 0.102. The van der Waals surface area contributed by atoms with Crippen LogP contribution in [-0.4, -0.2) is 28.7 Å². The van der Waals surface area contributed by atoms with Gasteiger partial charge in [0.1, 0.15) is 11.6 Å². The maximum absolute atomic E-state index is 13.6. The molecule has 0 aliphatic carbocycles. The van der Waals surface area contributed by atoms with Crippen LogP contribution in [0.3, 0.4) is 0 Å². The molecule has 3 heterocycles. The Hall–Kier alpha value is -3.46. The van der Waals surface area contributed by atoms with E-state index < -0.39 is 0 Å². The van der Waals surface area contributed by atoms with Crippen molar-refractivity contribution in [3.05, 3.63) is 82.4 Å². The van der Waals surface area contributed by atoms with E-state index in [1.54, 1.807) is 25.5 Å². The van der Waals surface area contributed by atoms with Crippen molar-refractivity contribution in [2.75, 3.05) is 0 Å². The zero-order valence-corrected chi connectivity index (χ0v) is 17.1. The van der Waals surface area contributed by atoms with Crippen molar-refractivity contribution in [3.8, 4) is 5.69 Å². The van der Waals surface area contributed by atoms with E-state index in [2.05, 4.69) is 15.2 Å². The summed E-state index contributed by atoms with van der Waals surface area (Å²) >= 11 is 1.47. The van der Waals surface area contributed by atoms with E-state index in [0.717, 1.165) is 11.1 Å². The van der Waals surface area contributed by atoms with Crippen LogP contribution in [0, 0.1) is 12.7 Å². The van der Waals surface area contributed by atoms with Gasteiger partial charge in [0.2, 0.25) is 5.78 Å². The predicted octanol–water partition coefficient (Wildman–Crippen LogP) is 3.51. The van der Waals surface area contributed by atoms with Crippen LogP contribution in [0.25, 0.3) is 22.4 Å². The van der Waals surface area contributed by atoms with Gasteiger partial charge in [-0.2, -0.15) is 0 Å². The Morgan fingerprint density at radius 3 is 2.83 bits per heavy atom. The lowest BCUT2D eigenvalue weighted by Crippen LogP contribution is -2.20.